The van der Waals surface area contributed by atoms with Gasteiger partial charge in [-0.15, -0.1) is 0 Å². The first-order valence-electron chi connectivity index (χ1n) is 6.88. The van der Waals surface area contributed by atoms with Crippen LogP contribution >= 0.6 is 0 Å². The second kappa shape index (κ2) is 6.13. The third kappa shape index (κ3) is 3.22. The number of amides is 1. The van der Waals surface area contributed by atoms with Gasteiger partial charge >= 0.3 is 0 Å². The van der Waals surface area contributed by atoms with E-state index in [1.165, 1.54) is 0 Å². The number of carbonyl (C=O) groups excluding carboxylic acids is 1. The van der Waals surface area contributed by atoms with E-state index in [9.17, 15) is 4.79 Å². The van der Waals surface area contributed by atoms with Crippen molar-refractivity contribution < 1.29 is 14.3 Å². The largest absolute Gasteiger partial charge is 0.486 e. The smallest absolute Gasteiger partial charge is 0.239 e. The second-order valence-corrected chi connectivity index (χ2v) is 5.44. The third-order valence-electron chi connectivity index (χ3n) is 3.41. The second-order valence-electron chi connectivity index (χ2n) is 5.44. The van der Waals surface area contributed by atoms with Crippen LogP contribution in [0.25, 0.3) is 0 Å². The van der Waals surface area contributed by atoms with Crippen LogP contribution in [-0.4, -0.2) is 37.1 Å². The van der Waals surface area contributed by atoms with Gasteiger partial charge in [-0.25, -0.2) is 0 Å². The lowest BCUT2D eigenvalue weighted by Crippen LogP contribution is -2.44. The molecular formula is C15H22N2O3. The SMILES string of the molecule is CC(C)[C@@H](N)C(=O)N(C)Cc1ccc2c(c1)OCCO2. The predicted molar refractivity (Wildman–Crippen MR) is 76.7 cm³/mol. The summed E-state index contributed by atoms with van der Waals surface area (Å²) in [5, 5.41) is 0. The monoisotopic (exact) mass is 278 g/mol. The van der Waals surface area contributed by atoms with Gasteiger partial charge in [0.05, 0.1) is 6.04 Å². The van der Waals surface area contributed by atoms with Crippen LogP contribution in [0.15, 0.2) is 18.2 Å². The highest BCUT2D eigenvalue weighted by Crippen LogP contribution is 2.31. The summed E-state index contributed by atoms with van der Waals surface area (Å²) in [5.74, 6) is 1.58. The fraction of sp³-hybridized carbons (Fsp3) is 0.533. The van der Waals surface area contributed by atoms with Crippen molar-refractivity contribution in [3.05, 3.63) is 23.8 Å². The quantitative estimate of drug-likeness (QED) is 0.904. The maximum absolute atomic E-state index is 12.1. The van der Waals surface area contributed by atoms with E-state index < -0.39 is 6.04 Å². The van der Waals surface area contributed by atoms with Gasteiger partial charge in [0, 0.05) is 13.6 Å². The van der Waals surface area contributed by atoms with Crippen molar-refractivity contribution in [2.45, 2.75) is 26.4 Å². The molecule has 0 radical (unpaired) electrons. The Bertz CT molecular complexity index is 488. The number of fused-ring (bicyclic) bond motifs is 1. The molecule has 0 aliphatic carbocycles. The van der Waals surface area contributed by atoms with E-state index >= 15 is 0 Å². The van der Waals surface area contributed by atoms with E-state index in [4.69, 9.17) is 15.2 Å². The number of hydrogen-bond donors (Lipinski definition) is 1. The van der Waals surface area contributed by atoms with Crippen LogP contribution in [0, 0.1) is 5.92 Å². The van der Waals surface area contributed by atoms with Crippen molar-refractivity contribution >= 4 is 5.91 Å². The van der Waals surface area contributed by atoms with Crippen molar-refractivity contribution in [2.24, 2.45) is 11.7 Å². The highest BCUT2D eigenvalue weighted by molar-refractivity contribution is 5.81. The van der Waals surface area contributed by atoms with E-state index in [1.807, 2.05) is 32.0 Å². The number of hydrogen-bond acceptors (Lipinski definition) is 4. The predicted octanol–water partition coefficient (Wildman–Crippen LogP) is 1.40. The summed E-state index contributed by atoms with van der Waals surface area (Å²) in [4.78, 5) is 13.8. The Balaban J connectivity index is 2.04. The maximum Gasteiger partial charge on any atom is 0.239 e. The van der Waals surface area contributed by atoms with Gasteiger partial charge in [-0.3, -0.25) is 4.79 Å². The molecule has 0 aromatic heterocycles. The first kappa shape index (κ1) is 14.7. The number of nitrogens with two attached hydrogens (primary N) is 1. The van der Waals surface area contributed by atoms with E-state index in [0.29, 0.717) is 19.8 Å². The number of nitrogens with zero attached hydrogens (tertiary/aromatic N) is 1. The summed E-state index contributed by atoms with van der Waals surface area (Å²) in [5.41, 5.74) is 6.89. The van der Waals surface area contributed by atoms with Crippen molar-refractivity contribution in [3.8, 4) is 11.5 Å². The molecule has 1 atom stereocenters. The molecule has 0 bridgehead atoms. The van der Waals surface area contributed by atoms with Gasteiger partial charge in [0.25, 0.3) is 0 Å². The molecule has 1 aromatic carbocycles. The van der Waals surface area contributed by atoms with E-state index in [2.05, 4.69) is 0 Å². The van der Waals surface area contributed by atoms with Gasteiger partial charge < -0.3 is 20.1 Å². The molecule has 1 aromatic rings. The first-order valence-corrected chi connectivity index (χ1v) is 6.88. The Hall–Kier alpha value is -1.75. The van der Waals surface area contributed by atoms with Crippen LogP contribution < -0.4 is 15.2 Å². The standard InChI is InChI=1S/C15H22N2O3/c1-10(2)14(16)15(18)17(3)9-11-4-5-12-13(8-11)20-7-6-19-12/h4-5,8,10,14H,6-7,9,16H2,1-3H3/t14-/m1/s1. The van der Waals surface area contributed by atoms with Crippen LogP contribution in [-0.2, 0) is 11.3 Å². The molecule has 0 saturated carbocycles. The maximum atomic E-state index is 12.1. The van der Waals surface area contributed by atoms with Gasteiger partial charge in [0.15, 0.2) is 11.5 Å². The summed E-state index contributed by atoms with van der Waals surface area (Å²) in [6, 6.07) is 5.28. The minimum Gasteiger partial charge on any atom is -0.486 e. The topological polar surface area (TPSA) is 64.8 Å². The van der Waals surface area contributed by atoms with Gasteiger partial charge in [-0.2, -0.15) is 0 Å². The van der Waals surface area contributed by atoms with Gasteiger partial charge in [-0.1, -0.05) is 19.9 Å². The summed E-state index contributed by atoms with van der Waals surface area (Å²) in [6.07, 6.45) is 0. The Morgan fingerprint density at radius 2 is 1.95 bits per heavy atom. The minimum absolute atomic E-state index is 0.0464. The lowest BCUT2D eigenvalue weighted by atomic mass is 10.0. The molecule has 0 saturated heterocycles. The zero-order valence-corrected chi connectivity index (χ0v) is 12.3. The number of carbonyl (C=O) groups is 1. The molecule has 1 aliphatic rings. The van der Waals surface area contributed by atoms with E-state index in [0.717, 1.165) is 17.1 Å². The highest BCUT2D eigenvalue weighted by Gasteiger charge is 2.21. The van der Waals surface area contributed by atoms with E-state index in [1.54, 1.807) is 11.9 Å². The Morgan fingerprint density at radius 1 is 1.30 bits per heavy atom. The fourth-order valence-corrected chi connectivity index (χ4v) is 2.08. The molecule has 5 nitrogen and oxygen atoms in total. The normalized spacial score (nSPS) is 15.1. The molecule has 20 heavy (non-hydrogen) atoms. The van der Waals surface area contributed by atoms with Crippen molar-refractivity contribution in [1.82, 2.24) is 4.90 Å². The van der Waals surface area contributed by atoms with Gasteiger partial charge in [-0.05, 0) is 23.6 Å². The average Bonchev–Trinajstić information content (AvgIpc) is 2.45. The number of likely N-dealkylation sites (N-methyl/N-ethyl adjacent to an activating group) is 1. The number of ether oxygens (including phenoxy) is 2. The van der Waals surface area contributed by atoms with Crippen molar-refractivity contribution in [1.29, 1.82) is 0 Å². The van der Waals surface area contributed by atoms with Crippen LogP contribution in [0.2, 0.25) is 0 Å². The molecule has 0 fully saturated rings. The Morgan fingerprint density at radius 3 is 2.60 bits per heavy atom. The van der Waals surface area contributed by atoms with Crippen LogP contribution in [0.5, 0.6) is 11.5 Å². The Labute approximate surface area is 119 Å². The fourth-order valence-electron chi connectivity index (χ4n) is 2.08. The molecule has 2 N–H and O–H groups in total. The van der Waals surface area contributed by atoms with Crippen molar-refractivity contribution in [2.75, 3.05) is 20.3 Å². The molecule has 1 heterocycles. The molecule has 2 rings (SSSR count). The van der Waals surface area contributed by atoms with Crippen molar-refractivity contribution in [3.63, 3.8) is 0 Å². The van der Waals surface area contributed by atoms with Crippen LogP contribution in [0.1, 0.15) is 19.4 Å². The molecule has 0 unspecified atom stereocenters. The molecular weight excluding hydrogens is 256 g/mol. The summed E-state index contributed by atoms with van der Waals surface area (Å²) in [6.45, 7) is 5.54. The van der Waals surface area contributed by atoms with Crippen LogP contribution in [0.4, 0.5) is 0 Å². The lowest BCUT2D eigenvalue weighted by molar-refractivity contribution is -0.132. The molecule has 0 spiro atoms. The summed E-state index contributed by atoms with van der Waals surface area (Å²) in [7, 11) is 1.77. The molecule has 5 heteroatoms. The number of rotatable bonds is 4. The van der Waals surface area contributed by atoms with Gasteiger partial charge in [0.2, 0.25) is 5.91 Å². The summed E-state index contributed by atoms with van der Waals surface area (Å²) < 4.78 is 11.0. The van der Waals surface area contributed by atoms with Gasteiger partial charge in [0.1, 0.15) is 13.2 Å². The third-order valence-corrected chi connectivity index (χ3v) is 3.41. The highest BCUT2D eigenvalue weighted by atomic mass is 16.6. The zero-order valence-electron chi connectivity index (χ0n) is 12.3. The summed E-state index contributed by atoms with van der Waals surface area (Å²) >= 11 is 0. The van der Waals surface area contributed by atoms with E-state index in [-0.39, 0.29) is 11.8 Å². The molecule has 1 aliphatic heterocycles. The molecule has 1 amide bonds. The number of benzene rings is 1. The molecule has 110 valence electrons. The zero-order chi connectivity index (χ0) is 14.7. The first-order chi connectivity index (χ1) is 9.49. The van der Waals surface area contributed by atoms with Crippen LogP contribution in [0.3, 0.4) is 0 Å². The minimum atomic E-state index is -0.461. The average molecular weight is 278 g/mol. The lowest BCUT2D eigenvalue weighted by Gasteiger charge is -2.24. The Kier molecular flexibility index (Phi) is 4.49.